The van der Waals surface area contributed by atoms with Crippen LogP contribution in [-0.4, -0.2) is 28.6 Å². The fourth-order valence-electron chi connectivity index (χ4n) is 3.00. The second kappa shape index (κ2) is 5.59. The highest BCUT2D eigenvalue weighted by molar-refractivity contribution is 7.99. The van der Waals surface area contributed by atoms with Gasteiger partial charge in [0, 0.05) is 5.75 Å². The third-order valence-corrected chi connectivity index (χ3v) is 5.48. The van der Waals surface area contributed by atoms with E-state index in [4.69, 9.17) is 0 Å². The first-order valence-electron chi connectivity index (χ1n) is 7.35. The Hall–Kier alpha value is -2.41. The molecular weight excluding hydrogens is 334 g/mol. The number of hydrogen-bond acceptors (Lipinski definition) is 3. The maximum atomic E-state index is 13.1. The molecule has 2 heterocycles. The number of benzene rings is 2. The minimum Gasteiger partial charge on any atom is -0.295 e. The predicted octanol–water partition coefficient (Wildman–Crippen LogP) is 3.55. The van der Waals surface area contributed by atoms with Crippen molar-refractivity contribution in [3.63, 3.8) is 0 Å². The first-order valence-corrected chi connectivity index (χ1v) is 8.40. The number of imide groups is 1. The maximum absolute atomic E-state index is 13.1. The second-order valence-corrected chi connectivity index (χ2v) is 6.71. The first kappa shape index (κ1) is 15.1. The van der Waals surface area contributed by atoms with Gasteiger partial charge in [-0.1, -0.05) is 12.1 Å². The van der Waals surface area contributed by atoms with Gasteiger partial charge in [0.05, 0.1) is 5.69 Å². The van der Waals surface area contributed by atoms with Crippen LogP contribution in [0.15, 0.2) is 48.5 Å². The molecule has 0 spiro atoms. The van der Waals surface area contributed by atoms with Crippen molar-refractivity contribution in [3.05, 3.63) is 65.7 Å². The topological polar surface area (TPSA) is 40.6 Å². The van der Waals surface area contributed by atoms with E-state index in [1.807, 2.05) is 0 Å². The van der Waals surface area contributed by atoms with Crippen molar-refractivity contribution >= 4 is 29.4 Å². The predicted molar refractivity (Wildman–Crippen MR) is 86.5 cm³/mol. The molecule has 3 amide bonds. The Morgan fingerprint density at radius 2 is 1.50 bits per heavy atom. The quantitative estimate of drug-likeness (QED) is 0.781. The molecule has 0 N–H and O–H groups in total. The van der Waals surface area contributed by atoms with Gasteiger partial charge in [-0.15, -0.1) is 11.8 Å². The third kappa shape index (κ3) is 2.27. The van der Waals surface area contributed by atoms with Crippen molar-refractivity contribution in [2.24, 2.45) is 0 Å². The van der Waals surface area contributed by atoms with Crippen LogP contribution in [-0.2, 0) is 4.79 Å². The van der Waals surface area contributed by atoms with E-state index in [0.29, 0.717) is 11.4 Å². The molecule has 4 rings (SSSR count). The summed E-state index contributed by atoms with van der Waals surface area (Å²) in [5.74, 6) is -0.624. The monoisotopic (exact) mass is 346 g/mol. The highest BCUT2D eigenvalue weighted by atomic mass is 32.2. The van der Waals surface area contributed by atoms with Gasteiger partial charge < -0.3 is 0 Å². The Kier molecular flexibility index (Phi) is 3.53. The molecule has 2 aliphatic heterocycles. The van der Waals surface area contributed by atoms with Crippen LogP contribution < -0.4 is 4.90 Å². The summed E-state index contributed by atoms with van der Waals surface area (Å²) >= 11 is 1.48. The molecule has 2 saturated heterocycles. The van der Waals surface area contributed by atoms with Gasteiger partial charge in [-0.25, -0.2) is 18.5 Å². The lowest BCUT2D eigenvalue weighted by Gasteiger charge is -2.23. The lowest BCUT2D eigenvalue weighted by Crippen LogP contribution is -2.33. The number of fused-ring (bicyclic) bond motifs is 1. The van der Waals surface area contributed by atoms with Crippen LogP contribution in [0.4, 0.5) is 19.3 Å². The Labute approximate surface area is 141 Å². The fraction of sp³-hybridized carbons (Fsp3) is 0.176. The molecule has 4 nitrogen and oxygen atoms in total. The lowest BCUT2D eigenvalue weighted by molar-refractivity contribution is -0.119. The molecule has 2 fully saturated rings. The van der Waals surface area contributed by atoms with E-state index in [1.54, 1.807) is 12.1 Å². The largest absolute Gasteiger partial charge is 0.333 e. The highest BCUT2D eigenvalue weighted by Gasteiger charge is 2.53. The van der Waals surface area contributed by atoms with Crippen molar-refractivity contribution in [3.8, 4) is 0 Å². The Bertz CT molecular complexity index is 810. The van der Waals surface area contributed by atoms with Gasteiger partial charge in [0.25, 0.3) is 5.91 Å². The molecule has 0 unspecified atom stereocenters. The molecule has 0 aliphatic carbocycles. The highest BCUT2D eigenvalue weighted by Crippen LogP contribution is 2.45. The summed E-state index contributed by atoms with van der Waals surface area (Å²) in [5, 5.41) is -0.336. The lowest BCUT2D eigenvalue weighted by atomic mass is 10.2. The number of thioether (sulfide) groups is 1. The number of hydrogen-bond donors (Lipinski definition) is 0. The molecule has 0 saturated carbocycles. The molecule has 2 aromatic carbocycles. The first-order chi connectivity index (χ1) is 11.6. The zero-order valence-electron chi connectivity index (χ0n) is 12.4. The molecule has 0 aromatic heterocycles. The maximum Gasteiger partial charge on any atom is 0.333 e. The smallest absolute Gasteiger partial charge is 0.295 e. The van der Waals surface area contributed by atoms with E-state index in [0.717, 1.165) is 10.5 Å². The second-order valence-electron chi connectivity index (χ2n) is 5.59. The van der Waals surface area contributed by atoms with Crippen molar-refractivity contribution < 1.29 is 18.4 Å². The molecular formula is C17H12F2N2O2S. The van der Waals surface area contributed by atoms with Crippen LogP contribution in [0.25, 0.3) is 0 Å². The Balaban J connectivity index is 1.67. The van der Waals surface area contributed by atoms with Gasteiger partial charge in [-0.2, -0.15) is 0 Å². The van der Waals surface area contributed by atoms with E-state index in [9.17, 15) is 18.4 Å². The van der Waals surface area contributed by atoms with E-state index < -0.39 is 17.9 Å². The van der Waals surface area contributed by atoms with Gasteiger partial charge in [-0.3, -0.25) is 9.69 Å². The number of amides is 3. The van der Waals surface area contributed by atoms with Gasteiger partial charge in [0.1, 0.15) is 23.1 Å². The standard InChI is InChI=1S/C17H12F2N2O2S/c18-11-3-1-10(2-4-11)16-21-14(9-24-16)15(22)20(17(21)23)13-7-5-12(19)6-8-13/h1-8,14,16H,9H2/t14-,16-/m1/s1. The van der Waals surface area contributed by atoms with Crippen LogP contribution in [0.2, 0.25) is 0 Å². The summed E-state index contributed by atoms with van der Waals surface area (Å²) in [6.07, 6.45) is 0. The van der Waals surface area contributed by atoms with Crippen molar-refractivity contribution in [2.45, 2.75) is 11.4 Å². The number of rotatable bonds is 2. The zero-order chi connectivity index (χ0) is 16.8. The van der Waals surface area contributed by atoms with Crippen molar-refractivity contribution in [2.75, 3.05) is 10.7 Å². The minimum atomic E-state index is -0.553. The van der Waals surface area contributed by atoms with Crippen molar-refractivity contribution in [1.82, 2.24) is 4.90 Å². The number of nitrogens with zero attached hydrogens (tertiary/aromatic N) is 2. The van der Waals surface area contributed by atoms with Crippen LogP contribution in [0, 0.1) is 11.6 Å². The average molecular weight is 346 g/mol. The molecule has 2 atom stereocenters. The normalized spacial score (nSPS) is 23.1. The van der Waals surface area contributed by atoms with Crippen LogP contribution >= 0.6 is 11.8 Å². The molecule has 0 bridgehead atoms. The fourth-order valence-corrected chi connectivity index (χ4v) is 4.42. The number of urea groups is 1. The summed E-state index contributed by atoms with van der Waals surface area (Å²) < 4.78 is 26.2. The Morgan fingerprint density at radius 3 is 2.12 bits per heavy atom. The minimum absolute atomic E-state index is 0.316. The van der Waals surface area contributed by atoms with E-state index in [1.165, 1.54) is 53.1 Å². The van der Waals surface area contributed by atoms with Crippen LogP contribution in [0.3, 0.4) is 0 Å². The number of carbonyl (C=O) groups excluding carboxylic acids is 2. The van der Waals surface area contributed by atoms with Crippen LogP contribution in [0.5, 0.6) is 0 Å². The Morgan fingerprint density at radius 1 is 0.917 bits per heavy atom. The van der Waals surface area contributed by atoms with Crippen molar-refractivity contribution in [1.29, 1.82) is 0 Å². The number of carbonyl (C=O) groups is 2. The molecule has 122 valence electrons. The van der Waals surface area contributed by atoms with Gasteiger partial charge in [0.15, 0.2) is 0 Å². The molecule has 2 aromatic rings. The van der Waals surface area contributed by atoms with Gasteiger partial charge in [0.2, 0.25) is 0 Å². The SMILES string of the molecule is O=C1[C@H]2CS[C@H](c3ccc(F)cc3)N2C(=O)N1c1ccc(F)cc1. The summed E-state index contributed by atoms with van der Waals surface area (Å²) in [6, 6.07) is 10.2. The van der Waals surface area contributed by atoms with E-state index in [2.05, 4.69) is 0 Å². The van der Waals surface area contributed by atoms with Crippen LogP contribution in [0.1, 0.15) is 10.9 Å². The zero-order valence-corrected chi connectivity index (χ0v) is 13.2. The molecule has 24 heavy (non-hydrogen) atoms. The van der Waals surface area contributed by atoms with E-state index >= 15 is 0 Å². The summed E-state index contributed by atoms with van der Waals surface area (Å²) in [7, 11) is 0. The molecule has 7 heteroatoms. The summed E-state index contributed by atoms with van der Waals surface area (Å²) in [5.41, 5.74) is 1.12. The molecule has 2 aliphatic rings. The van der Waals surface area contributed by atoms with Gasteiger partial charge in [-0.05, 0) is 42.0 Å². The summed E-state index contributed by atoms with van der Waals surface area (Å²) in [4.78, 5) is 28.0. The van der Waals surface area contributed by atoms with E-state index in [-0.39, 0.29) is 17.1 Å². The summed E-state index contributed by atoms with van der Waals surface area (Å²) in [6.45, 7) is 0. The number of anilines is 1. The third-order valence-electron chi connectivity index (χ3n) is 4.16. The number of halogens is 2. The van der Waals surface area contributed by atoms with Gasteiger partial charge >= 0.3 is 6.03 Å². The average Bonchev–Trinajstić information content (AvgIpc) is 3.11. The molecule has 0 radical (unpaired) electrons.